The van der Waals surface area contributed by atoms with Gasteiger partial charge in [0.25, 0.3) is 0 Å². The van der Waals surface area contributed by atoms with Gasteiger partial charge in [0.1, 0.15) is 11.6 Å². The Hall–Kier alpha value is -1.59. The Kier molecular flexibility index (Phi) is 5.20. The van der Waals surface area contributed by atoms with Crippen LogP contribution in [0.15, 0.2) is 46.9 Å². The lowest BCUT2D eigenvalue weighted by Crippen LogP contribution is -2.30. The molecule has 0 heterocycles. The van der Waals surface area contributed by atoms with Crippen molar-refractivity contribution in [3.8, 4) is 5.75 Å². The predicted molar refractivity (Wildman–Crippen MR) is 87.3 cm³/mol. The van der Waals surface area contributed by atoms with E-state index in [4.69, 9.17) is 10.5 Å². The van der Waals surface area contributed by atoms with E-state index in [1.54, 1.807) is 19.2 Å². The number of halogens is 2. The van der Waals surface area contributed by atoms with Crippen LogP contribution in [0, 0.1) is 5.82 Å². The normalized spacial score (nSPS) is 12.0. The highest BCUT2D eigenvalue weighted by Crippen LogP contribution is 2.29. The number of ether oxygens (including phenoxy) is 1. The lowest BCUT2D eigenvalue weighted by Gasteiger charge is -2.30. The zero-order valence-electron chi connectivity index (χ0n) is 12.0. The zero-order valence-corrected chi connectivity index (χ0v) is 13.6. The summed E-state index contributed by atoms with van der Waals surface area (Å²) in [6.45, 7) is 0.422. The number of rotatable bonds is 5. The van der Waals surface area contributed by atoms with E-state index < -0.39 is 0 Å². The first-order valence-corrected chi connectivity index (χ1v) is 7.38. The number of nitrogens with zero attached hydrogens (tertiary/aromatic N) is 1. The topological polar surface area (TPSA) is 38.5 Å². The molecule has 1 atom stereocenters. The molecule has 21 heavy (non-hydrogen) atoms. The molecule has 2 rings (SSSR count). The number of likely N-dealkylation sites (N-methyl/N-ethyl adjacent to an activating group) is 1. The largest absolute Gasteiger partial charge is 0.497 e. The van der Waals surface area contributed by atoms with Gasteiger partial charge in [-0.2, -0.15) is 0 Å². The molecular formula is C16H18BrFN2O. The maximum Gasteiger partial charge on any atom is 0.137 e. The summed E-state index contributed by atoms with van der Waals surface area (Å²) in [4.78, 5) is 2.06. The van der Waals surface area contributed by atoms with Crippen LogP contribution in [-0.2, 0) is 0 Å². The van der Waals surface area contributed by atoms with Crippen LogP contribution in [0.3, 0.4) is 0 Å². The van der Waals surface area contributed by atoms with Gasteiger partial charge < -0.3 is 15.4 Å². The first-order valence-electron chi connectivity index (χ1n) is 6.58. The monoisotopic (exact) mass is 352 g/mol. The van der Waals surface area contributed by atoms with Crippen LogP contribution < -0.4 is 15.4 Å². The number of methoxy groups -OCH3 is 1. The van der Waals surface area contributed by atoms with Crippen molar-refractivity contribution in [2.24, 2.45) is 5.73 Å². The van der Waals surface area contributed by atoms with Gasteiger partial charge in [-0.05, 0) is 45.8 Å². The molecule has 112 valence electrons. The molecule has 0 saturated carbocycles. The van der Waals surface area contributed by atoms with Gasteiger partial charge in [-0.3, -0.25) is 0 Å². The van der Waals surface area contributed by atoms with Crippen LogP contribution in [0.5, 0.6) is 5.75 Å². The third-order valence-electron chi connectivity index (χ3n) is 3.48. The lowest BCUT2D eigenvalue weighted by atomic mass is 10.0. The van der Waals surface area contributed by atoms with E-state index in [1.807, 2.05) is 31.3 Å². The second-order valence-corrected chi connectivity index (χ2v) is 5.59. The van der Waals surface area contributed by atoms with Crippen LogP contribution in [-0.4, -0.2) is 20.7 Å². The van der Waals surface area contributed by atoms with E-state index in [1.165, 1.54) is 6.07 Å². The van der Waals surface area contributed by atoms with E-state index in [-0.39, 0.29) is 11.9 Å². The average Bonchev–Trinajstić information content (AvgIpc) is 2.51. The molecule has 2 aromatic rings. The Morgan fingerprint density at radius 3 is 2.67 bits per heavy atom. The average molecular weight is 353 g/mol. The fourth-order valence-corrected chi connectivity index (χ4v) is 2.64. The summed E-state index contributed by atoms with van der Waals surface area (Å²) < 4.78 is 19.1. The SMILES string of the molecule is COc1cccc(N(C)C(CN)c2ccc(F)c(Br)c2)c1. The number of nitrogens with two attached hydrogens (primary N) is 1. The van der Waals surface area contributed by atoms with Crippen molar-refractivity contribution in [2.75, 3.05) is 25.6 Å². The van der Waals surface area contributed by atoms with Gasteiger partial charge in [-0.25, -0.2) is 4.39 Å². The van der Waals surface area contributed by atoms with Crippen LogP contribution in [0.2, 0.25) is 0 Å². The molecule has 2 aromatic carbocycles. The Balaban J connectivity index is 2.32. The minimum absolute atomic E-state index is 0.0472. The Morgan fingerprint density at radius 1 is 1.29 bits per heavy atom. The standard InChI is InChI=1S/C16H18BrFN2O/c1-20(12-4-3-5-13(9-12)21-2)16(10-19)11-6-7-15(18)14(17)8-11/h3-9,16H,10,19H2,1-2H3. The van der Waals surface area contributed by atoms with E-state index in [2.05, 4.69) is 20.8 Å². The lowest BCUT2D eigenvalue weighted by molar-refractivity contribution is 0.414. The number of hydrogen-bond donors (Lipinski definition) is 1. The molecule has 3 nitrogen and oxygen atoms in total. The Labute approximate surface area is 132 Å². The Bertz CT molecular complexity index is 621. The van der Waals surface area contributed by atoms with Gasteiger partial charge in [-0.1, -0.05) is 12.1 Å². The fraction of sp³-hybridized carbons (Fsp3) is 0.250. The molecule has 0 saturated heterocycles. The third-order valence-corrected chi connectivity index (χ3v) is 4.09. The minimum atomic E-state index is -0.279. The van der Waals surface area contributed by atoms with E-state index >= 15 is 0 Å². The van der Waals surface area contributed by atoms with Gasteiger partial charge in [0.2, 0.25) is 0 Å². The second-order valence-electron chi connectivity index (χ2n) is 4.74. The van der Waals surface area contributed by atoms with E-state index in [0.29, 0.717) is 11.0 Å². The summed E-state index contributed by atoms with van der Waals surface area (Å²) >= 11 is 3.22. The fourth-order valence-electron chi connectivity index (χ4n) is 2.25. The zero-order chi connectivity index (χ0) is 15.4. The summed E-state index contributed by atoms with van der Waals surface area (Å²) in [6, 6.07) is 12.7. The van der Waals surface area contributed by atoms with Crippen molar-refractivity contribution < 1.29 is 9.13 Å². The van der Waals surface area contributed by atoms with Crippen LogP contribution in [0.1, 0.15) is 11.6 Å². The number of anilines is 1. The van der Waals surface area contributed by atoms with Crippen molar-refractivity contribution in [1.82, 2.24) is 0 Å². The quantitative estimate of drug-likeness (QED) is 0.890. The number of benzene rings is 2. The van der Waals surface area contributed by atoms with Crippen molar-refractivity contribution >= 4 is 21.6 Å². The summed E-state index contributed by atoms with van der Waals surface area (Å²) in [7, 11) is 3.60. The molecule has 0 radical (unpaired) electrons. The first kappa shape index (κ1) is 15.8. The second kappa shape index (κ2) is 6.91. The van der Waals surface area contributed by atoms with Crippen molar-refractivity contribution in [1.29, 1.82) is 0 Å². The Morgan fingerprint density at radius 2 is 2.05 bits per heavy atom. The van der Waals surface area contributed by atoms with Crippen molar-refractivity contribution in [2.45, 2.75) is 6.04 Å². The van der Waals surface area contributed by atoms with E-state index in [9.17, 15) is 4.39 Å². The molecule has 2 N–H and O–H groups in total. The highest BCUT2D eigenvalue weighted by molar-refractivity contribution is 9.10. The van der Waals surface area contributed by atoms with Crippen molar-refractivity contribution in [3.63, 3.8) is 0 Å². The van der Waals surface area contributed by atoms with E-state index in [0.717, 1.165) is 17.0 Å². The van der Waals surface area contributed by atoms with Crippen LogP contribution >= 0.6 is 15.9 Å². The molecule has 0 amide bonds. The molecule has 0 aliphatic heterocycles. The van der Waals surface area contributed by atoms with Gasteiger partial charge >= 0.3 is 0 Å². The molecule has 0 aliphatic carbocycles. The number of hydrogen-bond acceptors (Lipinski definition) is 3. The van der Waals surface area contributed by atoms with Crippen LogP contribution in [0.25, 0.3) is 0 Å². The molecular weight excluding hydrogens is 335 g/mol. The van der Waals surface area contributed by atoms with Crippen LogP contribution in [0.4, 0.5) is 10.1 Å². The van der Waals surface area contributed by atoms with Crippen molar-refractivity contribution in [3.05, 3.63) is 58.3 Å². The summed E-state index contributed by atoms with van der Waals surface area (Å²) in [6.07, 6.45) is 0. The molecule has 0 aromatic heterocycles. The third kappa shape index (κ3) is 3.54. The smallest absolute Gasteiger partial charge is 0.137 e. The molecule has 5 heteroatoms. The maximum absolute atomic E-state index is 13.4. The molecule has 0 aliphatic rings. The summed E-state index contributed by atoms with van der Waals surface area (Å²) in [5, 5.41) is 0. The van der Waals surface area contributed by atoms with Gasteiger partial charge in [0, 0.05) is 25.3 Å². The summed E-state index contributed by atoms with van der Waals surface area (Å²) in [5.74, 6) is 0.508. The molecule has 0 fully saturated rings. The van der Waals surface area contributed by atoms with Gasteiger partial charge in [0.05, 0.1) is 17.6 Å². The first-order chi connectivity index (χ1) is 10.1. The summed E-state index contributed by atoms with van der Waals surface area (Å²) in [5.41, 5.74) is 7.87. The minimum Gasteiger partial charge on any atom is -0.497 e. The highest BCUT2D eigenvalue weighted by atomic mass is 79.9. The molecule has 1 unspecified atom stereocenters. The molecule has 0 spiro atoms. The van der Waals surface area contributed by atoms with Gasteiger partial charge in [-0.15, -0.1) is 0 Å². The molecule has 0 bridgehead atoms. The predicted octanol–water partition coefficient (Wildman–Crippen LogP) is 3.73. The van der Waals surface area contributed by atoms with Gasteiger partial charge in [0.15, 0.2) is 0 Å². The maximum atomic E-state index is 13.4. The highest BCUT2D eigenvalue weighted by Gasteiger charge is 2.17.